The lowest BCUT2D eigenvalue weighted by atomic mass is 10.0. The Morgan fingerprint density at radius 3 is 1.60 bits per heavy atom. The summed E-state index contributed by atoms with van der Waals surface area (Å²) in [6, 6.07) is 0. The third-order valence-electron chi connectivity index (χ3n) is 3.74. The highest BCUT2D eigenvalue weighted by Crippen LogP contribution is 2.13. The summed E-state index contributed by atoms with van der Waals surface area (Å²) < 4.78 is 12.8. The Morgan fingerprint density at radius 2 is 1.20 bits per heavy atom. The van der Waals surface area contributed by atoms with Crippen molar-refractivity contribution in [3.05, 3.63) is 0 Å². The quantitative estimate of drug-likeness (QED) is 0.155. The van der Waals surface area contributed by atoms with Gasteiger partial charge in [0.05, 0.1) is 0 Å². The molecule has 118 valence electrons. The van der Waals surface area contributed by atoms with Gasteiger partial charge in [-0.25, -0.2) is 9.18 Å². The molecule has 0 radical (unpaired) electrons. The van der Waals surface area contributed by atoms with Crippen LogP contribution in [0.15, 0.2) is 4.99 Å². The normalized spacial score (nSPS) is 12.1. The number of aliphatic imine (C=N–C) groups is 1. The zero-order valence-electron chi connectivity index (χ0n) is 13.2. The first-order valence-electron chi connectivity index (χ1n) is 8.52. The minimum Gasteiger partial charge on any atom is -0.221 e. The summed E-state index contributed by atoms with van der Waals surface area (Å²) in [5, 5.41) is 0. The lowest BCUT2D eigenvalue weighted by Crippen LogP contribution is -1.94. The monoisotopic (exact) mass is 285 g/mol. The Hall–Kier alpha value is -0.690. The van der Waals surface area contributed by atoms with E-state index in [0.717, 1.165) is 12.8 Å². The summed E-state index contributed by atoms with van der Waals surface area (Å²) in [4.78, 5) is 12.9. The highest BCUT2D eigenvalue weighted by molar-refractivity contribution is 5.33. The molecule has 0 saturated carbocycles. The Bertz CT molecular complexity index is 239. The predicted octanol–water partition coefficient (Wildman–Crippen LogP) is 6.10. The van der Waals surface area contributed by atoms with Gasteiger partial charge in [-0.3, -0.25) is 0 Å². The molecule has 0 rings (SSSR count). The number of isocyanates is 1. The molecule has 0 aliphatic heterocycles. The molecule has 0 aromatic heterocycles. The van der Waals surface area contributed by atoms with Crippen molar-refractivity contribution in [3.8, 4) is 0 Å². The van der Waals surface area contributed by atoms with Crippen molar-refractivity contribution < 1.29 is 9.18 Å². The average molecular weight is 285 g/mol. The maximum absolute atomic E-state index is 12.8. The van der Waals surface area contributed by atoms with Crippen LogP contribution in [0.4, 0.5) is 4.39 Å². The van der Waals surface area contributed by atoms with E-state index in [2.05, 4.69) is 11.9 Å². The average Bonchev–Trinajstić information content (AvgIpc) is 2.44. The van der Waals surface area contributed by atoms with Crippen LogP contribution < -0.4 is 0 Å². The van der Waals surface area contributed by atoms with E-state index in [-0.39, 0.29) is 0 Å². The molecule has 3 heteroatoms. The van der Waals surface area contributed by atoms with Gasteiger partial charge in [-0.15, -0.1) is 0 Å². The predicted molar refractivity (Wildman–Crippen MR) is 83.3 cm³/mol. The van der Waals surface area contributed by atoms with E-state index in [0.29, 0.717) is 6.42 Å². The first kappa shape index (κ1) is 19.3. The van der Waals surface area contributed by atoms with Crippen LogP contribution in [0.1, 0.15) is 96.8 Å². The van der Waals surface area contributed by atoms with E-state index < -0.39 is 6.30 Å². The number of carbonyl (C=O) groups excluding carboxylic acids is 1. The topological polar surface area (TPSA) is 29.4 Å². The highest BCUT2D eigenvalue weighted by Gasteiger charge is 2.02. The SMILES string of the molecule is CCCCCCCCCCCCCCCC(F)N=C=O. The summed E-state index contributed by atoms with van der Waals surface area (Å²) >= 11 is 0. The minimum absolute atomic E-state index is 0.368. The van der Waals surface area contributed by atoms with Gasteiger partial charge in [-0.2, -0.15) is 4.99 Å². The number of alkyl halides is 1. The highest BCUT2D eigenvalue weighted by atomic mass is 19.1. The summed E-state index contributed by atoms with van der Waals surface area (Å²) in [5.41, 5.74) is 0. The number of rotatable bonds is 15. The molecule has 0 fully saturated rings. The Labute approximate surface area is 124 Å². The van der Waals surface area contributed by atoms with Crippen LogP contribution in [0.25, 0.3) is 0 Å². The van der Waals surface area contributed by atoms with Gasteiger partial charge in [0.25, 0.3) is 0 Å². The first-order valence-corrected chi connectivity index (χ1v) is 8.52. The van der Waals surface area contributed by atoms with Crippen molar-refractivity contribution in [1.29, 1.82) is 0 Å². The molecular formula is C17H32FNO. The van der Waals surface area contributed by atoms with Crippen LogP contribution in [0.3, 0.4) is 0 Å². The van der Waals surface area contributed by atoms with Crippen molar-refractivity contribution in [2.75, 3.05) is 0 Å². The second-order valence-electron chi connectivity index (χ2n) is 5.69. The number of halogens is 1. The maximum atomic E-state index is 12.8. The zero-order valence-corrected chi connectivity index (χ0v) is 13.2. The number of nitrogens with zero attached hydrogens (tertiary/aromatic N) is 1. The standard InChI is InChI=1S/C17H32FNO/c1-2-3-4-5-6-7-8-9-10-11-12-13-14-15-17(18)19-16-20/h17H,2-15H2,1H3. The van der Waals surface area contributed by atoms with Gasteiger partial charge in [0.1, 0.15) is 0 Å². The number of hydrogen-bond acceptors (Lipinski definition) is 2. The van der Waals surface area contributed by atoms with Crippen LogP contribution in [0.5, 0.6) is 0 Å². The maximum Gasteiger partial charge on any atom is 0.237 e. The molecule has 0 aromatic carbocycles. The molecule has 0 bridgehead atoms. The fraction of sp³-hybridized carbons (Fsp3) is 0.941. The van der Waals surface area contributed by atoms with Gasteiger partial charge < -0.3 is 0 Å². The molecule has 0 aromatic rings. The zero-order chi connectivity index (χ0) is 14.9. The fourth-order valence-electron chi connectivity index (χ4n) is 2.45. The molecule has 0 N–H and O–H groups in total. The third kappa shape index (κ3) is 15.4. The van der Waals surface area contributed by atoms with Gasteiger partial charge in [-0.1, -0.05) is 84.0 Å². The van der Waals surface area contributed by atoms with Crippen molar-refractivity contribution in [1.82, 2.24) is 0 Å². The second kappa shape index (κ2) is 16.4. The molecule has 0 amide bonds. The van der Waals surface area contributed by atoms with E-state index in [1.807, 2.05) is 0 Å². The Morgan fingerprint density at radius 1 is 0.800 bits per heavy atom. The molecule has 2 nitrogen and oxygen atoms in total. The third-order valence-corrected chi connectivity index (χ3v) is 3.74. The largest absolute Gasteiger partial charge is 0.237 e. The molecule has 0 saturated heterocycles. The summed E-state index contributed by atoms with van der Waals surface area (Å²) in [6.07, 6.45) is 16.9. The fourth-order valence-corrected chi connectivity index (χ4v) is 2.45. The molecule has 0 aliphatic carbocycles. The summed E-state index contributed by atoms with van der Waals surface area (Å²) in [5.74, 6) is 0. The van der Waals surface area contributed by atoms with Crippen LogP contribution >= 0.6 is 0 Å². The van der Waals surface area contributed by atoms with E-state index in [1.165, 1.54) is 76.7 Å². The summed E-state index contributed by atoms with van der Waals surface area (Å²) in [7, 11) is 0. The van der Waals surface area contributed by atoms with Gasteiger partial charge in [0.2, 0.25) is 12.4 Å². The van der Waals surface area contributed by atoms with Gasteiger partial charge in [-0.05, 0) is 12.8 Å². The molecule has 0 heterocycles. The second-order valence-corrected chi connectivity index (χ2v) is 5.69. The number of unbranched alkanes of at least 4 members (excludes halogenated alkanes) is 12. The van der Waals surface area contributed by atoms with Crippen molar-refractivity contribution in [2.45, 2.75) is 103 Å². The first-order chi connectivity index (χ1) is 9.81. The van der Waals surface area contributed by atoms with Crippen LogP contribution in [0.2, 0.25) is 0 Å². The van der Waals surface area contributed by atoms with E-state index in [1.54, 1.807) is 0 Å². The lowest BCUT2D eigenvalue weighted by molar-refractivity contribution is 0.315. The summed E-state index contributed by atoms with van der Waals surface area (Å²) in [6.45, 7) is 2.25. The molecule has 0 spiro atoms. The Balaban J connectivity index is 3.04. The van der Waals surface area contributed by atoms with Gasteiger partial charge in [0, 0.05) is 0 Å². The van der Waals surface area contributed by atoms with E-state index in [9.17, 15) is 9.18 Å². The van der Waals surface area contributed by atoms with Crippen molar-refractivity contribution >= 4 is 6.08 Å². The smallest absolute Gasteiger partial charge is 0.221 e. The van der Waals surface area contributed by atoms with E-state index >= 15 is 0 Å². The lowest BCUT2D eigenvalue weighted by Gasteiger charge is -2.03. The molecule has 20 heavy (non-hydrogen) atoms. The van der Waals surface area contributed by atoms with Crippen molar-refractivity contribution in [2.24, 2.45) is 4.99 Å². The van der Waals surface area contributed by atoms with E-state index in [4.69, 9.17) is 0 Å². The van der Waals surface area contributed by atoms with Gasteiger partial charge in [0.15, 0.2) is 0 Å². The molecule has 1 unspecified atom stereocenters. The molecular weight excluding hydrogens is 253 g/mol. The van der Waals surface area contributed by atoms with Crippen molar-refractivity contribution in [3.63, 3.8) is 0 Å². The van der Waals surface area contributed by atoms with Crippen LogP contribution in [-0.4, -0.2) is 12.4 Å². The Kier molecular flexibility index (Phi) is 15.8. The minimum atomic E-state index is -1.33. The molecule has 1 atom stereocenters. The van der Waals surface area contributed by atoms with Crippen LogP contribution in [-0.2, 0) is 4.79 Å². The van der Waals surface area contributed by atoms with Crippen LogP contribution in [0, 0.1) is 0 Å². The molecule has 0 aliphatic rings. The number of hydrogen-bond donors (Lipinski definition) is 0. The van der Waals surface area contributed by atoms with Gasteiger partial charge >= 0.3 is 0 Å².